The van der Waals surface area contributed by atoms with Crippen molar-refractivity contribution in [2.75, 3.05) is 7.11 Å². The summed E-state index contributed by atoms with van der Waals surface area (Å²) in [5.74, 6) is 0.551. The lowest BCUT2D eigenvalue weighted by molar-refractivity contribution is 0.0694. The van der Waals surface area contributed by atoms with Crippen LogP contribution in [0.3, 0.4) is 0 Å². The molecule has 1 aliphatic carbocycles. The van der Waals surface area contributed by atoms with Gasteiger partial charge in [-0.05, 0) is 25.0 Å². The molecule has 0 amide bonds. The molecule has 5 nitrogen and oxygen atoms in total. The van der Waals surface area contributed by atoms with E-state index < -0.39 is 5.97 Å². The average Bonchev–Trinajstić information content (AvgIpc) is 3.31. The second-order valence-electron chi connectivity index (χ2n) is 4.80. The summed E-state index contributed by atoms with van der Waals surface area (Å²) in [6, 6.07) is 7.43. The number of benzene rings is 1. The molecule has 5 heteroatoms. The molecule has 0 spiro atoms. The number of aromatic nitrogens is 2. The van der Waals surface area contributed by atoms with Crippen molar-refractivity contribution in [2.24, 2.45) is 0 Å². The maximum Gasteiger partial charge on any atom is 0.339 e. The van der Waals surface area contributed by atoms with Crippen LogP contribution in [-0.4, -0.2) is 28.2 Å². The summed E-state index contributed by atoms with van der Waals surface area (Å²) in [7, 11) is 1.60. The van der Waals surface area contributed by atoms with Gasteiger partial charge in [-0.25, -0.2) is 14.8 Å². The fourth-order valence-corrected chi connectivity index (χ4v) is 2.13. The van der Waals surface area contributed by atoms with E-state index in [1.807, 2.05) is 24.3 Å². The Bertz CT molecular complexity index is 666. The van der Waals surface area contributed by atoms with Crippen molar-refractivity contribution in [3.8, 4) is 17.1 Å². The molecule has 1 heterocycles. The maximum atomic E-state index is 11.2. The van der Waals surface area contributed by atoms with Gasteiger partial charge in [0.2, 0.25) is 0 Å². The smallest absolute Gasteiger partial charge is 0.339 e. The van der Waals surface area contributed by atoms with E-state index in [4.69, 9.17) is 4.74 Å². The van der Waals surface area contributed by atoms with Gasteiger partial charge in [-0.1, -0.05) is 12.1 Å². The van der Waals surface area contributed by atoms with Crippen LogP contribution in [0.2, 0.25) is 0 Å². The molecule has 1 aromatic heterocycles. The third kappa shape index (κ3) is 2.34. The Morgan fingerprint density at radius 3 is 2.85 bits per heavy atom. The Balaban J connectivity index is 2.05. The van der Waals surface area contributed by atoms with Crippen molar-refractivity contribution in [1.82, 2.24) is 9.97 Å². The molecule has 3 rings (SSSR count). The van der Waals surface area contributed by atoms with Gasteiger partial charge in [-0.15, -0.1) is 0 Å². The first-order valence-corrected chi connectivity index (χ1v) is 6.43. The molecule has 20 heavy (non-hydrogen) atoms. The Labute approximate surface area is 116 Å². The number of hydrogen-bond acceptors (Lipinski definition) is 4. The van der Waals surface area contributed by atoms with Gasteiger partial charge < -0.3 is 9.84 Å². The summed E-state index contributed by atoms with van der Waals surface area (Å²) in [5, 5.41) is 9.19. The lowest BCUT2D eigenvalue weighted by Gasteiger charge is -2.07. The number of rotatable bonds is 4. The van der Waals surface area contributed by atoms with Gasteiger partial charge >= 0.3 is 5.97 Å². The normalized spacial score (nSPS) is 14.1. The maximum absolute atomic E-state index is 11.2. The molecule has 1 saturated carbocycles. The molecule has 0 unspecified atom stereocenters. The highest BCUT2D eigenvalue weighted by Gasteiger charge is 2.30. The number of methoxy groups -OCH3 is 1. The van der Waals surface area contributed by atoms with Gasteiger partial charge in [0.25, 0.3) is 0 Å². The molecule has 1 fully saturated rings. The van der Waals surface area contributed by atoms with E-state index >= 15 is 0 Å². The minimum atomic E-state index is -0.968. The second-order valence-corrected chi connectivity index (χ2v) is 4.80. The van der Waals surface area contributed by atoms with Gasteiger partial charge in [-0.2, -0.15) is 0 Å². The van der Waals surface area contributed by atoms with E-state index in [9.17, 15) is 9.90 Å². The number of carbonyl (C=O) groups is 1. The number of hydrogen-bond donors (Lipinski definition) is 1. The zero-order valence-electron chi connectivity index (χ0n) is 11.0. The van der Waals surface area contributed by atoms with Crippen molar-refractivity contribution >= 4 is 5.97 Å². The molecule has 1 aliphatic rings. The molecular formula is C15H14N2O3. The first kappa shape index (κ1) is 12.6. The minimum absolute atomic E-state index is 0.208. The first-order chi connectivity index (χ1) is 9.69. The third-order valence-corrected chi connectivity index (χ3v) is 3.34. The van der Waals surface area contributed by atoms with Gasteiger partial charge in [-0.3, -0.25) is 0 Å². The Hall–Kier alpha value is -2.43. The van der Waals surface area contributed by atoms with Gasteiger partial charge in [0.1, 0.15) is 5.75 Å². The predicted molar refractivity (Wildman–Crippen MR) is 73.0 cm³/mol. The largest absolute Gasteiger partial charge is 0.497 e. The first-order valence-electron chi connectivity index (χ1n) is 6.43. The van der Waals surface area contributed by atoms with Crippen LogP contribution in [-0.2, 0) is 0 Å². The van der Waals surface area contributed by atoms with Gasteiger partial charge in [0.15, 0.2) is 5.82 Å². The quantitative estimate of drug-likeness (QED) is 0.924. The number of carboxylic acid groups (broad SMARTS) is 1. The van der Waals surface area contributed by atoms with Crippen LogP contribution in [0.1, 0.15) is 34.8 Å². The summed E-state index contributed by atoms with van der Waals surface area (Å²) in [5.41, 5.74) is 1.67. The summed E-state index contributed by atoms with van der Waals surface area (Å²) in [4.78, 5) is 19.8. The monoisotopic (exact) mass is 270 g/mol. The van der Waals surface area contributed by atoms with Crippen molar-refractivity contribution in [3.63, 3.8) is 0 Å². The van der Waals surface area contributed by atoms with Crippen molar-refractivity contribution in [1.29, 1.82) is 0 Å². The molecular weight excluding hydrogens is 256 g/mol. The molecule has 1 aromatic carbocycles. The van der Waals surface area contributed by atoms with E-state index in [2.05, 4.69) is 9.97 Å². The fourth-order valence-electron chi connectivity index (χ4n) is 2.13. The summed E-state index contributed by atoms with van der Waals surface area (Å²) in [6.07, 6.45) is 3.39. The second kappa shape index (κ2) is 4.92. The molecule has 1 N–H and O–H groups in total. The van der Waals surface area contributed by atoms with Crippen molar-refractivity contribution < 1.29 is 14.6 Å². The van der Waals surface area contributed by atoms with Crippen LogP contribution in [0.15, 0.2) is 30.5 Å². The van der Waals surface area contributed by atoms with E-state index in [0.717, 1.165) is 24.2 Å². The zero-order chi connectivity index (χ0) is 14.1. The summed E-state index contributed by atoms with van der Waals surface area (Å²) >= 11 is 0. The highest BCUT2D eigenvalue weighted by atomic mass is 16.5. The molecule has 2 aromatic rings. The molecule has 0 radical (unpaired) electrons. The van der Waals surface area contributed by atoms with E-state index in [1.165, 1.54) is 6.20 Å². The van der Waals surface area contributed by atoms with E-state index in [1.54, 1.807) is 7.11 Å². The third-order valence-electron chi connectivity index (χ3n) is 3.34. The van der Waals surface area contributed by atoms with Gasteiger partial charge in [0, 0.05) is 17.7 Å². The Morgan fingerprint density at radius 2 is 2.20 bits per heavy atom. The van der Waals surface area contributed by atoms with Crippen LogP contribution in [0.25, 0.3) is 11.4 Å². The molecule has 102 valence electrons. The molecule has 0 aliphatic heterocycles. The highest BCUT2D eigenvalue weighted by Crippen LogP contribution is 2.41. The standard InChI is InChI=1S/C15H14N2O3/c1-20-11-4-2-3-10(7-11)14-16-8-12(15(18)19)13(17-14)9-5-6-9/h2-4,7-9H,5-6H2,1H3,(H,18,19). The fraction of sp³-hybridized carbons (Fsp3) is 0.267. The number of carboxylic acids is 1. The lowest BCUT2D eigenvalue weighted by atomic mass is 10.1. The van der Waals surface area contributed by atoms with E-state index in [0.29, 0.717) is 11.5 Å². The van der Waals surface area contributed by atoms with Crippen LogP contribution in [0.4, 0.5) is 0 Å². The average molecular weight is 270 g/mol. The minimum Gasteiger partial charge on any atom is -0.497 e. The predicted octanol–water partition coefficient (Wildman–Crippen LogP) is 2.73. The van der Waals surface area contributed by atoms with Crippen LogP contribution >= 0.6 is 0 Å². The highest BCUT2D eigenvalue weighted by molar-refractivity contribution is 5.89. The Morgan fingerprint density at radius 1 is 1.40 bits per heavy atom. The summed E-state index contributed by atoms with van der Waals surface area (Å²) in [6.45, 7) is 0. The summed E-state index contributed by atoms with van der Waals surface area (Å²) < 4.78 is 5.18. The van der Waals surface area contributed by atoms with Crippen LogP contribution < -0.4 is 4.74 Å². The lowest BCUT2D eigenvalue weighted by Crippen LogP contribution is -2.06. The zero-order valence-corrected chi connectivity index (χ0v) is 11.0. The Kier molecular flexibility index (Phi) is 3.10. The number of aromatic carboxylic acids is 1. The molecule has 0 atom stereocenters. The van der Waals surface area contributed by atoms with Gasteiger partial charge in [0.05, 0.1) is 18.4 Å². The molecule has 0 saturated heterocycles. The topological polar surface area (TPSA) is 72.3 Å². The van der Waals surface area contributed by atoms with Crippen molar-refractivity contribution in [3.05, 3.63) is 41.7 Å². The molecule has 0 bridgehead atoms. The van der Waals surface area contributed by atoms with Crippen LogP contribution in [0.5, 0.6) is 5.75 Å². The van der Waals surface area contributed by atoms with E-state index in [-0.39, 0.29) is 11.5 Å². The number of ether oxygens (including phenoxy) is 1. The van der Waals surface area contributed by atoms with Crippen LogP contribution in [0, 0.1) is 0 Å². The SMILES string of the molecule is COc1cccc(-c2ncc(C(=O)O)c(C3CC3)n2)c1. The van der Waals surface area contributed by atoms with Crippen molar-refractivity contribution in [2.45, 2.75) is 18.8 Å². The number of nitrogens with zero attached hydrogens (tertiary/aromatic N) is 2.